The van der Waals surface area contributed by atoms with Gasteiger partial charge in [-0.3, -0.25) is 9.78 Å². The van der Waals surface area contributed by atoms with E-state index in [0.29, 0.717) is 12.3 Å². The molecule has 0 saturated heterocycles. The van der Waals surface area contributed by atoms with E-state index in [1.807, 2.05) is 24.0 Å². The Labute approximate surface area is 142 Å². The van der Waals surface area contributed by atoms with Crippen LogP contribution in [-0.4, -0.2) is 28.4 Å². The molecule has 1 aromatic carbocycles. The number of carbonyl (C=O) groups is 1. The second kappa shape index (κ2) is 5.93. The molecule has 1 aromatic heterocycles. The van der Waals surface area contributed by atoms with Crippen LogP contribution in [-0.2, 0) is 16.8 Å². The van der Waals surface area contributed by atoms with Gasteiger partial charge in [0.1, 0.15) is 5.75 Å². The normalized spacial score (nSPS) is 19.3. The maximum absolute atomic E-state index is 12.9. The number of benzene rings is 1. The molecule has 1 fully saturated rings. The molecule has 0 N–H and O–H groups in total. The largest absolute Gasteiger partial charge is 0.479 e. The SMILES string of the molecule is CC(Oc1cccnc1)C(=O)N1Cc2ccccc2C2(CCC2)C1. The van der Waals surface area contributed by atoms with Crippen molar-refractivity contribution < 1.29 is 9.53 Å². The van der Waals surface area contributed by atoms with Gasteiger partial charge in [-0.15, -0.1) is 0 Å². The number of rotatable bonds is 3. The number of aromatic nitrogens is 1. The zero-order chi connectivity index (χ0) is 16.6. The maximum Gasteiger partial charge on any atom is 0.263 e. The van der Waals surface area contributed by atoms with Crippen LogP contribution in [0.15, 0.2) is 48.8 Å². The predicted octanol–water partition coefficient (Wildman–Crippen LogP) is 3.31. The van der Waals surface area contributed by atoms with Crippen molar-refractivity contribution in [2.75, 3.05) is 6.54 Å². The molecule has 1 aliphatic carbocycles. The zero-order valence-corrected chi connectivity index (χ0v) is 13.9. The summed E-state index contributed by atoms with van der Waals surface area (Å²) in [4.78, 5) is 18.9. The smallest absolute Gasteiger partial charge is 0.263 e. The van der Waals surface area contributed by atoms with E-state index in [-0.39, 0.29) is 11.3 Å². The van der Waals surface area contributed by atoms with Gasteiger partial charge in [-0.25, -0.2) is 0 Å². The fourth-order valence-corrected chi connectivity index (χ4v) is 4.00. The molecule has 4 heteroatoms. The molecule has 2 heterocycles. The molecular formula is C20H22N2O2. The Balaban J connectivity index is 1.53. The molecule has 1 unspecified atom stereocenters. The van der Waals surface area contributed by atoms with Gasteiger partial charge in [0.2, 0.25) is 0 Å². The van der Waals surface area contributed by atoms with E-state index < -0.39 is 6.10 Å². The minimum atomic E-state index is -0.503. The van der Waals surface area contributed by atoms with E-state index in [1.54, 1.807) is 12.4 Å². The average molecular weight is 322 g/mol. The highest BCUT2D eigenvalue weighted by molar-refractivity contribution is 5.81. The summed E-state index contributed by atoms with van der Waals surface area (Å²) in [5.41, 5.74) is 2.89. The molecule has 0 radical (unpaired) electrons. The molecular weight excluding hydrogens is 300 g/mol. The van der Waals surface area contributed by atoms with E-state index >= 15 is 0 Å². The van der Waals surface area contributed by atoms with Crippen molar-refractivity contribution in [2.45, 2.75) is 44.2 Å². The van der Waals surface area contributed by atoms with Crippen molar-refractivity contribution in [2.24, 2.45) is 0 Å². The first-order chi connectivity index (χ1) is 11.7. The second-order valence-electron chi connectivity index (χ2n) is 6.93. The van der Waals surface area contributed by atoms with E-state index in [0.717, 1.165) is 6.54 Å². The highest BCUT2D eigenvalue weighted by Gasteiger charge is 2.45. The minimum absolute atomic E-state index is 0.0552. The molecule has 1 saturated carbocycles. The van der Waals surface area contributed by atoms with Crippen molar-refractivity contribution in [3.8, 4) is 5.75 Å². The van der Waals surface area contributed by atoms with Crippen molar-refractivity contribution in [1.29, 1.82) is 0 Å². The molecule has 4 nitrogen and oxygen atoms in total. The summed E-state index contributed by atoms with van der Waals surface area (Å²) in [6.07, 6.45) is 6.43. The first-order valence-electron chi connectivity index (χ1n) is 8.62. The standard InChI is InChI=1S/C20H22N2O2/c1-15(24-17-7-4-11-21-12-17)19(23)22-13-16-6-2-3-8-18(16)20(14-22)9-5-10-20/h2-4,6-8,11-12,15H,5,9-10,13-14H2,1H3. The number of amides is 1. The number of fused-ring (bicyclic) bond motifs is 2. The summed E-state index contributed by atoms with van der Waals surface area (Å²) in [5, 5.41) is 0. The summed E-state index contributed by atoms with van der Waals surface area (Å²) >= 11 is 0. The van der Waals surface area contributed by atoms with Crippen LogP contribution in [0.2, 0.25) is 0 Å². The Morgan fingerprint density at radius 3 is 2.79 bits per heavy atom. The Morgan fingerprint density at radius 1 is 1.25 bits per heavy atom. The number of hydrogen-bond acceptors (Lipinski definition) is 3. The number of pyridine rings is 1. The number of ether oxygens (including phenoxy) is 1. The highest BCUT2D eigenvalue weighted by Crippen LogP contribution is 2.48. The van der Waals surface area contributed by atoms with Crippen molar-refractivity contribution in [3.05, 3.63) is 59.9 Å². The predicted molar refractivity (Wildman–Crippen MR) is 91.7 cm³/mol. The molecule has 1 spiro atoms. The van der Waals surface area contributed by atoms with E-state index in [2.05, 4.69) is 29.2 Å². The summed E-state index contributed by atoms with van der Waals surface area (Å²) in [6.45, 7) is 3.31. The zero-order valence-electron chi connectivity index (χ0n) is 13.9. The Kier molecular flexibility index (Phi) is 3.75. The fourth-order valence-electron chi connectivity index (χ4n) is 4.00. The molecule has 124 valence electrons. The first-order valence-corrected chi connectivity index (χ1v) is 8.62. The first kappa shape index (κ1) is 15.2. The highest BCUT2D eigenvalue weighted by atomic mass is 16.5. The summed E-state index contributed by atoms with van der Waals surface area (Å²) in [5.74, 6) is 0.689. The van der Waals surface area contributed by atoms with E-state index in [4.69, 9.17) is 4.74 Å². The van der Waals surface area contributed by atoms with Gasteiger partial charge in [-0.05, 0) is 43.0 Å². The summed E-state index contributed by atoms with van der Waals surface area (Å²) in [7, 11) is 0. The van der Waals surface area contributed by atoms with Crippen molar-refractivity contribution in [3.63, 3.8) is 0 Å². The van der Waals surface area contributed by atoms with Crippen LogP contribution in [0.4, 0.5) is 0 Å². The summed E-state index contributed by atoms with van der Waals surface area (Å²) < 4.78 is 5.78. The quantitative estimate of drug-likeness (QED) is 0.870. The molecule has 4 rings (SSSR count). The lowest BCUT2D eigenvalue weighted by atomic mass is 9.61. The van der Waals surface area contributed by atoms with Crippen molar-refractivity contribution >= 4 is 5.91 Å². The van der Waals surface area contributed by atoms with Gasteiger partial charge in [-0.1, -0.05) is 30.7 Å². The Hall–Kier alpha value is -2.36. The average Bonchev–Trinajstić information content (AvgIpc) is 2.59. The number of carbonyl (C=O) groups excluding carboxylic acids is 1. The van der Waals surface area contributed by atoms with Gasteiger partial charge in [0.05, 0.1) is 6.20 Å². The number of hydrogen-bond donors (Lipinski definition) is 0. The lowest BCUT2D eigenvalue weighted by molar-refractivity contribution is -0.140. The second-order valence-corrected chi connectivity index (χ2v) is 6.93. The number of nitrogens with zero attached hydrogens (tertiary/aromatic N) is 2. The molecule has 1 amide bonds. The third kappa shape index (κ3) is 2.56. The van der Waals surface area contributed by atoms with Gasteiger partial charge in [0.25, 0.3) is 5.91 Å². The van der Waals surface area contributed by atoms with Crippen LogP contribution in [0, 0.1) is 0 Å². The topological polar surface area (TPSA) is 42.4 Å². The van der Waals surface area contributed by atoms with Crippen LogP contribution < -0.4 is 4.74 Å². The van der Waals surface area contributed by atoms with Gasteiger partial charge in [0, 0.05) is 24.7 Å². The molecule has 1 aliphatic heterocycles. The van der Waals surface area contributed by atoms with Gasteiger partial charge in [0.15, 0.2) is 6.10 Å². The molecule has 1 atom stereocenters. The lowest BCUT2D eigenvalue weighted by Gasteiger charge is -2.50. The minimum Gasteiger partial charge on any atom is -0.479 e. The maximum atomic E-state index is 12.9. The van der Waals surface area contributed by atoms with Crippen LogP contribution in [0.1, 0.15) is 37.3 Å². The fraction of sp³-hybridized carbons (Fsp3) is 0.400. The Morgan fingerprint density at radius 2 is 2.08 bits per heavy atom. The van der Waals surface area contributed by atoms with Gasteiger partial charge < -0.3 is 9.64 Å². The van der Waals surface area contributed by atoms with E-state index in [1.165, 1.54) is 30.4 Å². The van der Waals surface area contributed by atoms with Gasteiger partial charge in [-0.2, -0.15) is 0 Å². The molecule has 24 heavy (non-hydrogen) atoms. The Bertz CT molecular complexity index is 740. The lowest BCUT2D eigenvalue weighted by Crippen LogP contribution is -2.53. The van der Waals surface area contributed by atoms with Crippen LogP contribution in [0.25, 0.3) is 0 Å². The van der Waals surface area contributed by atoms with Crippen LogP contribution >= 0.6 is 0 Å². The summed E-state index contributed by atoms with van der Waals surface area (Å²) in [6, 6.07) is 12.2. The van der Waals surface area contributed by atoms with Gasteiger partial charge >= 0.3 is 0 Å². The van der Waals surface area contributed by atoms with Crippen LogP contribution in [0.3, 0.4) is 0 Å². The third-order valence-electron chi connectivity index (χ3n) is 5.36. The molecule has 0 bridgehead atoms. The molecule has 2 aromatic rings. The third-order valence-corrected chi connectivity index (χ3v) is 5.36. The van der Waals surface area contributed by atoms with Crippen molar-refractivity contribution in [1.82, 2.24) is 9.88 Å². The van der Waals surface area contributed by atoms with Crippen LogP contribution in [0.5, 0.6) is 5.75 Å². The molecule has 2 aliphatic rings. The monoisotopic (exact) mass is 322 g/mol. The van der Waals surface area contributed by atoms with E-state index in [9.17, 15) is 4.79 Å².